The smallest absolute Gasteiger partial charge is 0.408 e. The van der Waals surface area contributed by atoms with E-state index in [2.05, 4.69) is 10.3 Å². The monoisotopic (exact) mass is 434 g/mol. The van der Waals surface area contributed by atoms with E-state index in [1.165, 1.54) is 7.11 Å². The van der Waals surface area contributed by atoms with E-state index < -0.39 is 23.7 Å². The molecule has 0 bridgehead atoms. The number of methoxy groups -OCH3 is 1. The summed E-state index contributed by atoms with van der Waals surface area (Å²) < 4.78 is 27.2. The van der Waals surface area contributed by atoms with Gasteiger partial charge in [0.25, 0.3) is 0 Å². The number of aromatic nitrogens is 1. The third-order valence-electron chi connectivity index (χ3n) is 3.95. The first-order chi connectivity index (χ1) is 14.6. The molecule has 0 aliphatic heterocycles. The van der Waals surface area contributed by atoms with Crippen LogP contribution in [0.3, 0.4) is 0 Å². The summed E-state index contributed by atoms with van der Waals surface area (Å²) in [6.07, 6.45) is -0.645. The van der Waals surface area contributed by atoms with Crippen molar-refractivity contribution in [2.75, 3.05) is 20.3 Å². The van der Waals surface area contributed by atoms with Gasteiger partial charge >= 0.3 is 12.1 Å². The fourth-order valence-electron chi connectivity index (χ4n) is 2.73. The Morgan fingerprint density at radius 2 is 1.77 bits per heavy atom. The van der Waals surface area contributed by atoms with Crippen molar-refractivity contribution < 1.29 is 33.0 Å². The zero-order chi connectivity index (χ0) is 23.2. The van der Waals surface area contributed by atoms with E-state index in [-0.39, 0.29) is 17.3 Å². The number of carbonyl (C=O) groups is 2. The number of nitrogens with one attached hydrogen (secondary N) is 1. The van der Waals surface area contributed by atoms with Crippen molar-refractivity contribution in [3.05, 3.63) is 29.7 Å². The van der Waals surface area contributed by atoms with Crippen molar-refractivity contribution in [2.45, 2.75) is 53.2 Å². The normalized spacial score (nSPS) is 12.1. The van der Waals surface area contributed by atoms with Crippen molar-refractivity contribution in [3.63, 3.8) is 0 Å². The van der Waals surface area contributed by atoms with E-state index in [1.54, 1.807) is 45.9 Å². The van der Waals surface area contributed by atoms with E-state index in [9.17, 15) is 9.59 Å². The molecule has 0 saturated heterocycles. The van der Waals surface area contributed by atoms with Crippen LogP contribution in [0.5, 0.6) is 11.5 Å². The zero-order valence-corrected chi connectivity index (χ0v) is 19.0. The van der Waals surface area contributed by atoms with Gasteiger partial charge in [-0.05, 0) is 59.7 Å². The Morgan fingerprint density at radius 1 is 1.13 bits per heavy atom. The second-order valence-corrected chi connectivity index (χ2v) is 7.62. The van der Waals surface area contributed by atoms with Gasteiger partial charge in [-0.15, -0.1) is 0 Å². The highest BCUT2D eigenvalue weighted by Crippen LogP contribution is 2.34. The summed E-state index contributed by atoms with van der Waals surface area (Å²) in [6, 6.07) is 4.51. The fraction of sp³-hybridized carbons (Fsp3) is 0.500. The molecule has 1 aromatic carbocycles. The van der Waals surface area contributed by atoms with E-state index in [0.29, 0.717) is 30.3 Å². The van der Waals surface area contributed by atoms with Crippen LogP contribution >= 0.6 is 0 Å². The molecule has 2 aromatic rings. The third kappa shape index (κ3) is 6.37. The van der Waals surface area contributed by atoms with E-state index >= 15 is 0 Å². The van der Waals surface area contributed by atoms with Crippen molar-refractivity contribution in [3.8, 4) is 23.0 Å². The Bertz CT molecular complexity index is 915. The van der Waals surface area contributed by atoms with Crippen LogP contribution in [0.25, 0.3) is 11.5 Å². The minimum Gasteiger partial charge on any atom is -0.490 e. The maximum absolute atomic E-state index is 12.3. The highest BCUT2D eigenvalue weighted by Gasteiger charge is 2.28. The molecule has 0 aliphatic rings. The number of esters is 1. The summed E-state index contributed by atoms with van der Waals surface area (Å²) >= 11 is 0. The lowest BCUT2D eigenvalue weighted by Crippen LogP contribution is -2.34. The molecule has 1 amide bonds. The second-order valence-electron chi connectivity index (χ2n) is 7.62. The van der Waals surface area contributed by atoms with Crippen molar-refractivity contribution >= 4 is 12.1 Å². The lowest BCUT2D eigenvalue weighted by molar-refractivity contribution is 0.0495. The Balaban J connectivity index is 2.40. The van der Waals surface area contributed by atoms with Crippen LogP contribution in [0.4, 0.5) is 4.79 Å². The zero-order valence-electron chi connectivity index (χ0n) is 19.0. The SMILES string of the molecule is CCOc1ccc(-c2nc(C(=O)OC)c([C@H](C)NC(=O)OC(C)(C)C)o2)cc1OCC. The van der Waals surface area contributed by atoms with Gasteiger partial charge in [0, 0.05) is 5.56 Å². The minimum atomic E-state index is -0.695. The molecule has 1 N–H and O–H groups in total. The average molecular weight is 434 g/mol. The standard InChI is InChI=1S/C22H30N2O7/c1-8-28-15-11-10-14(12-16(15)29-9-2)19-24-17(20(25)27-7)18(30-19)13(3)23-21(26)31-22(4,5)6/h10-13H,8-9H2,1-7H3,(H,23,26)/t13-/m0/s1. The minimum absolute atomic E-state index is 0.0343. The molecule has 0 saturated carbocycles. The summed E-state index contributed by atoms with van der Waals surface area (Å²) in [5.74, 6) is 0.768. The van der Waals surface area contributed by atoms with Gasteiger partial charge in [0.15, 0.2) is 23.0 Å². The number of hydrogen-bond donors (Lipinski definition) is 1. The van der Waals surface area contributed by atoms with E-state index in [4.69, 9.17) is 23.4 Å². The van der Waals surface area contributed by atoms with Gasteiger partial charge in [-0.25, -0.2) is 14.6 Å². The first-order valence-electron chi connectivity index (χ1n) is 10.1. The molecule has 0 unspecified atom stereocenters. The number of hydrogen-bond acceptors (Lipinski definition) is 8. The molecule has 1 atom stereocenters. The summed E-state index contributed by atoms with van der Waals surface area (Å²) in [5, 5.41) is 2.65. The predicted molar refractivity (Wildman–Crippen MR) is 113 cm³/mol. The summed E-state index contributed by atoms with van der Waals surface area (Å²) in [4.78, 5) is 28.7. The number of alkyl carbamates (subject to hydrolysis) is 1. The maximum atomic E-state index is 12.3. The topological polar surface area (TPSA) is 109 Å². The molecular formula is C22H30N2O7. The lowest BCUT2D eigenvalue weighted by atomic mass is 10.2. The number of rotatable bonds is 8. The van der Waals surface area contributed by atoms with Gasteiger partial charge in [0.05, 0.1) is 26.4 Å². The number of amides is 1. The molecule has 0 spiro atoms. The van der Waals surface area contributed by atoms with E-state index in [0.717, 1.165) is 0 Å². The number of carbonyl (C=O) groups excluding carboxylic acids is 2. The molecule has 170 valence electrons. The lowest BCUT2D eigenvalue weighted by Gasteiger charge is -2.21. The van der Waals surface area contributed by atoms with Gasteiger partial charge in [-0.2, -0.15) is 0 Å². The third-order valence-corrected chi connectivity index (χ3v) is 3.95. The first kappa shape index (κ1) is 24.0. The van der Waals surface area contributed by atoms with Gasteiger partial charge < -0.3 is 28.7 Å². The van der Waals surface area contributed by atoms with Crippen LogP contribution in [0, 0.1) is 0 Å². The number of ether oxygens (including phenoxy) is 4. The Morgan fingerprint density at radius 3 is 2.35 bits per heavy atom. The van der Waals surface area contributed by atoms with Gasteiger partial charge in [-0.3, -0.25) is 0 Å². The molecule has 0 aliphatic carbocycles. The Kier molecular flexibility index (Phi) is 7.90. The van der Waals surface area contributed by atoms with Gasteiger partial charge in [0.2, 0.25) is 5.89 Å². The number of benzene rings is 1. The quantitative estimate of drug-likeness (QED) is 0.605. The maximum Gasteiger partial charge on any atom is 0.408 e. The molecule has 9 heteroatoms. The molecule has 2 rings (SSSR count). The van der Waals surface area contributed by atoms with Crippen LogP contribution in [0.2, 0.25) is 0 Å². The fourth-order valence-corrected chi connectivity index (χ4v) is 2.73. The summed E-state index contributed by atoms with van der Waals surface area (Å²) in [6.45, 7) is 11.6. The van der Waals surface area contributed by atoms with Crippen LogP contribution in [0.15, 0.2) is 22.6 Å². The molecular weight excluding hydrogens is 404 g/mol. The van der Waals surface area contributed by atoms with Gasteiger partial charge in [0.1, 0.15) is 5.60 Å². The molecule has 0 radical (unpaired) electrons. The van der Waals surface area contributed by atoms with Crippen LogP contribution in [-0.2, 0) is 9.47 Å². The Hall–Kier alpha value is -3.23. The average Bonchev–Trinajstić information content (AvgIpc) is 3.13. The molecule has 9 nitrogen and oxygen atoms in total. The van der Waals surface area contributed by atoms with E-state index in [1.807, 2.05) is 13.8 Å². The number of oxazole rings is 1. The highest BCUT2D eigenvalue weighted by atomic mass is 16.6. The molecule has 31 heavy (non-hydrogen) atoms. The second kappa shape index (κ2) is 10.2. The van der Waals surface area contributed by atoms with Crippen LogP contribution in [-0.4, -0.2) is 43.0 Å². The van der Waals surface area contributed by atoms with Crippen molar-refractivity contribution in [2.24, 2.45) is 0 Å². The summed E-state index contributed by atoms with van der Waals surface area (Å²) in [5.41, 5.74) is -0.125. The van der Waals surface area contributed by atoms with Crippen LogP contribution < -0.4 is 14.8 Å². The predicted octanol–water partition coefficient (Wildman–Crippen LogP) is 4.51. The number of nitrogens with zero attached hydrogens (tertiary/aromatic N) is 1. The molecule has 1 heterocycles. The van der Waals surface area contributed by atoms with Crippen molar-refractivity contribution in [1.29, 1.82) is 0 Å². The highest BCUT2D eigenvalue weighted by molar-refractivity contribution is 5.89. The summed E-state index contributed by atoms with van der Waals surface area (Å²) in [7, 11) is 1.25. The Labute approximate surface area is 182 Å². The first-order valence-corrected chi connectivity index (χ1v) is 10.1. The largest absolute Gasteiger partial charge is 0.490 e. The van der Waals surface area contributed by atoms with Gasteiger partial charge in [-0.1, -0.05) is 0 Å². The molecule has 0 fully saturated rings. The van der Waals surface area contributed by atoms with Crippen molar-refractivity contribution in [1.82, 2.24) is 10.3 Å². The molecule has 1 aromatic heterocycles. The van der Waals surface area contributed by atoms with Crippen LogP contribution in [0.1, 0.15) is 63.8 Å².